The van der Waals surface area contributed by atoms with Gasteiger partial charge in [0.2, 0.25) is 0 Å². The lowest BCUT2D eigenvalue weighted by Gasteiger charge is -2.10. The van der Waals surface area contributed by atoms with Crippen LogP contribution in [0.5, 0.6) is 5.75 Å². The van der Waals surface area contributed by atoms with E-state index in [-0.39, 0.29) is 17.5 Å². The Labute approximate surface area is 204 Å². The fraction of sp³-hybridized carbons (Fsp3) is 0.167. The number of hydrogen-bond donors (Lipinski definition) is 2. The summed E-state index contributed by atoms with van der Waals surface area (Å²) in [5, 5.41) is 13.8. The highest BCUT2D eigenvalue weighted by atomic mass is 79.9. The molecule has 0 saturated heterocycles. The molecule has 0 radical (unpaired) electrons. The number of benzene rings is 2. The molecule has 2 aromatic carbocycles. The van der Waals surface area contributed by atoms with Crippen LogP contribution in [0.2, 0.25) is 0 Å². The van der Waals surface area contributed by atoms with Crippen molar-refractivity contribution in [1.29, 1.82) is 0 Å². The molecule has 2 amide bonds. The summed E-state index contributed by atoms with van der Waals surface area (Å²) in [6.45, 7) is 0.628. The molecule has 9 nitrogen and oxygen atoms in total. The molecule has 0 bridgehead atoms. The molecule has 0 atom stereocenters. The van der Waals surface area contributed by atoms with Crippen LogP contribution in [0.15, 0.2) is 71.6 Å². The smallest absolute Gasteiger partial charge is 0.271 e. The van der Waals surface area contributed by atoms with E-state index >= 15 is 0 Å². The van der Waals surface area contributed by atoms with Crippen molar-refractivity contribution < 1.29 is 14.3 Å². The number of carbonyl (C=O) groups excluding carboxylic acids is 2. The Bertz CT molecular complexity index is 1310. The number of carbonyl (C=O) groups is 2. The zero-order chi connectivity index (χ0) is 24.1. The first-order valence-electron chi connectivity index (χ1n) is 10.5. The van der Waals surface area contributed by atoms with Gasteiger partial charge < -0.3 is 15.4 Å². The first-order chi connectivity index (χ1) is 16.4. The second kappa shape index (κ2) is 10.3. The van der Waals surface area contributed by atoms with Gasteiger partial charge in [0.1, 0.15) is 18.1 Å². The average Bonchev–Trinajstić information content (AvgIpc) is 3.42. The van der Waals surface area contributed by atoms with Crippen LogP contribution in [0.4, 0.5) is 5.69 Å². The van der Waals surface area contributed by atoms with Crippen LogP contribution in [-0.4, -0.2) is 31.4 Å². The predicted octanol–water partition coefficient (Wildman–Crippen LogP) is 3.68. The minimum atomic E-state index is -0.351. The Kier molecular flexibility index (Phi) is 7.07. The van der Waals surface area contributed by atoms with Gasteiger partial charge in [0.25, 0.3) is 11.8 Å². The third kappa shape index (κ3) is 5.70. The van der Waals surface area contributed by atoms with Gasteiger partial charge in [-0.2, -0.15) is 10.2 Å². The summed E-state index contributed by atoms with van der Waals surface area (Å²) >= 11 is 3.40. The summed E-state index contributed by atoms with van der Waals surface area (Å²) in [4.78, 5) is 25.7. The zero-order valence-electron chi connectivity index (χ0n) is 18.7. The molecule has 2 heterocycles. The minimum absolute atomic E-state index is 0.256. The number of aromatic nitrogens is 4. The Morgan fingerprint density at radius 1 is 1.00 bits per heavy atom. The number of nitrogens with zero attached hydrogens (tertiary/aromatic N) is 4. The van der Waals surface area contributed by atoms with Crippen molar-refractivity contribution in [3.8, 4) is 5.75 Å². The molecule has 0 unspecified atom stereocenters. The monoisotopic (exact) mass is 522 g/mol. The standard InChI is InChI=1S/C24H23BrN6O3/c1-30-14-17(12-27-30)11-26-24(33)22-21(13-28-31(22)2)29-23(32)18-5-3-4-16(10-18)15-34-20-8-6-19(25)7-9-20/h3-10,12-14H,11,15H2,1-2H3,(H,26,33)(H,29,32). The van der Waals surface area contributed by atoms with E-state index in [0.717, 1.165) is 21.3 Å². The molecule has 174 valence electrons. The normalized spacial score (nSPS) is 10.7. The summed E-state index contributed by atoms with van der Waals surface area (Å²) in [7, 11) is 3.46. The lowest BCUT2D eigenvalue weighted by Crippen LogP contribution is -2.26. The largest absolute Gasteiger partial charge is 0.489 e. The zero-order valence-corrected chi connectivity index (χ0v) is 20.2. The number of halogens is 1. The van der Waals surface area contributed by atoms with Gasteiger partial charge in [0.15, 0.2) is 0 Å². The molecule has 0 saturated carbocycles. The summed E-state index contributed by atoms with van der Waals surface area (Å²) < 4.78 is 9.85. The molecule has 2 N–H and O–H groups in total. The molecule has 34 heavy (non-hydrogen) atoms. The van der Waals surface area contributed by atoms with Gasteiger partial charge in [0.05, 0.1) is 18.1 Å². The van der Waals surface area contributed by atoms with E-state index in [2.05, 4.69) is 36.8 Å². The molecule has 0 spiro atoms. The van der Waals surface area contributed by atoms with E-state index < -0.39 is 0 Å². The highest BCUT2D eigenvalue weighted by Crippen LogP contribution is 2.19. The van der Waals surface area contributed by atoms with Gasteiger partial charge in [-0.1, -0.05) is 28.1 Å². The Morgan fingerprint density at radius 3 is 2.53 bits per heavy atom. The van der Waals surface area contributed by atoms with Gasteiger partial charge >= 0.3 is 0 Å². The van der Waals surface area contributed by atoms with E-state index in [1.807, 2.05) is 43.6 Å². The first kappa shape index (κ1) is 23.2. The van der Waals surface area contributed by atoms with Crippen LogP contribution in [0.3, 0.4) is 0 Å². The van der Waals surface area contributed by atoms with Gasteiger partial charge in [-0.3, -0.25) is 19.0 Å². The molecule has 0 aliphatic carbocycles. The van der Waals surface area contributed by atoms with Crippen molar-refractivity contribution in [3.63, 3.8) is 0 Å². The summed E-state index contributed by atoms with van der Waals surface area (Å²) in [6.07, 6.45) is 4.96. The number of nitrogens with one attached hydrogen (secondary N) is 2. The van der Waals surface area contributed by atoms with Gasteiger partial charge in [-0.25, -0.2) is 0 Å². The average molecular weight is 523 g/mol. The minimum Gasteiger partial charge on any atom is -0.489 e. The van der Waals surface area contributed by atoms with Gasteiger partial charge in [0, 0.05) is 42.4 Å². The van der Waals surface area contributed by atoms with E-state index in [4.69, 9.17) is 4.74 Å². The number of amides is 2. The van der Waals surface area contributed by atoms with Crippen molar-refractivity contribution >= 4 is 33.4 Å². The lowest BCUT2D eigenvalue weighted by atomic mass is 10.1. The second-order valence-electron chi connectivity index (χ2n) is 7.63. The Balaban J connectivity index is 1.41. The maximum Gasteiger partial charge on any atom is 0.271 e. The molecule has 0 aliphatic heterocycles. The number of ether oxygens (including phenoxy) is 1. The number of hydrogen-bond acceptors (Lipinski definition) is 5. The molecule has 4 rings (SSSR count). The van der Waals surface area contributed by atoms with Gasteiger partial charge in [-0.05, 0) is 42.0 Å². The molecule has 0 aliphatic rings. The highest BCUT2D eigenvalue weighted by Gasteiger charge is 2.19. The van der Waals surface area contributed by atoms with Crippen LogP contribution < -0.4 is 15.4 Å². The summed E-state index contributed by atoms with van der Waals surface area (Å²) in [6, 6.07) is 14.7. The molecule has 2 aromatic heterocycles. The predicted molar refractivity (Wildman–Crippen MR) is 130 cm³/mol. The Hall–Kier alpha value is -3.92. The third-order valence-electron chi connectivity index (χ3n) is 5.02. The Morgan fingerprint density at radius 2 is 1.79 bits per heavy atom. The second-order valence-corrected chi connectivity index (χ2v) is 8.55. The molecule has 4 aromatic rings. The van der Waals surface area contributed by atoms with Crippen LogP contribution in [-0.2, 0) is 27.2 Å². The summed E-state index contributed by atoms with van der Waals surface area (Å²) in [5.41, 5.74) is 2.74. The van der Waals surface area contributed by atoms with Crippen molar-refractivity contribution in [3.05, 3.63) is 94.0 Å². The number of anilines is 1. The fourth-order valence-electron chi connectivity index (χ4n) is 3.32. The van der Waals surface area contributed by atoms with E-state index in [0.29, 0.717) is 24.4 Å². The first-order valence-corrected chi connectivity index (χ1v) is 11.2. The van der Waals surface area contributed by atoms with Gasteiger partial charge in [-0.15, -0.1) is 0 Å². The topological polar surface area (TPSA) is 103 Å². The van der Waals surface area contributed by atoms with Crippen molar-refractivity contribution in [2.24, 2.45) is 14.1 Å². The maximum absolute atomic E-state index is 12.9. The highest BCUT2D eigenvalue weighted by molar-refractivity contribution is 9.10. The van der Waals surface area contributed by atoms with Crippen LogP contribution in [0.25, 0.3) is 0 Å². The van der Waals surface area contributed by atoms with Crippen molar-refractivity contribution in [2.75, 3.05) is 5.32 Å². The van der Waals surface area contributed by atoms with E-state index in [1.165, 1.54) is 10.9 Å². The van der Waals surface area contributed by atoms with E-state index in [1.54, 1.807) is 36.1 Å². The molecular weight excluding hydrogens is 500 g/mol. The van der Waals surface area contributed by atoms with Crippen LogP contribution in [0, 0.1) is 0 Å². The molecular formula is C24H23BrN6O3. The van der Waals surface area contributed by atoms with E-state index in [9.17, 15) is 9.59 Å². The third-order valence-corrected chi connectivity index (χ3v) is 5.55. The number of rotatable bonds is 8. The van der Waals surface area contributed by atoms with Crippen molar-refractivity contribution in [2.45, 2.75) is 13.2 Å². The SMILES string of the molecule is Cn1cc(CNC(=O)c2c(NC(=O)c3cccc(COc4ccc(Br)cc4)c3)cnn2C)cn1. The van der Waals surface area contributed by atoms with Crippen molar-refractivity contribution in [1.82, 2.24) is 24.9 Å². The van der Waals surface area contributed by atoms with Crippen LogP contribution >= 0.6 is 15.9 Å². The van der Waals surface area contributed by atoms with Crippen LogP contribution in [0.1, 0.15) is 32.0 Å². The fourth-order valence-corrected chi connectivity index (χ4v) is 3.59. The molecule has 10 heteroatoms. The lowest BCUT2D eigenvalue weighted by molar-refractivity contribution is 0.0942. The molecule has 0 fully saturated rings. The summed E-state index contributed by atoms with van der Waals surface area (Å²) in [5.74, 6) is 0.0333. The quantitative estimate of drug-likeness (QED) is 0.367. The maximum atomic E-state index is 12.9. The number of aryl methyl sites for hydroxylation is 2.